The van der Waals surface area contributed by atoms with Gasteiger partial charge >= 0.3 is 5.97 Å². The lowest BCUT2D eigenvalue weighted by Crippen LogP contribution is -2.31. The number of nitro benzene ring substituents is 1. The molecule has 8 heteroatoms. The number of anilines is 1. The van der Waals surface area contributed by atoms with Crippen LogP contribution in [0.3, 0.4) is 0 Å². The fourth-order valence-corrected chi connectivity index (χ4v) is 2.49. The lowest BCUT2D eigenvalue weighted by atomic mass is 10.1. The number of carbonyl (C=O) groups excluding carboxylic acids is 2. The summed E-state index contributed by atoms with van der Waals surface area (Å²) >= 11 is 0. The number of fused-ring (bicyclic) bond motifs is 1. The van der Waals surface area contributed by atoms with Crippen LogP contribution in [0, 0.1) is 10.1 Å². The molecule has 1 aliphatic rings. The van der Waals surface area contributed by atoms with Gasteiger partial charge in [0.1, 0.15) is 5.56 Å². The largest absolute Gasteiger partial charge is 0.478 e. The third-order valence-electron chi connectivity index (χ3n) is 3.46. The summed E-state index contributed by atoms with van der Waals surface area (Å²) in [4.78, 5) is 47.2. The fourth-order valence-electron chi connectivity index (χ4n) is 2.49. The van der Waals surface area contributed by atoms with E-state index in [2.05, 4.69) is 0 Å². The highest BCUT2D eigenvalue weighted by Gasteiger charge is 2.42. The summed E-state index contributed by atoms with van der Waals surface area (Å²) in [5, 5.41) is 20.3. The van der Waals surface area contributed by atoms with E-state index in [1.54, 1.807) is 0 Å². The number of nitrogens with zero attached hydrogens (tertiary/aromatic N) is 2. The Morgan fingerprint density at radius 1 is 1.04 bits per heavy atom. The minimum absolute atomic E-state index is 0.121. The van der Waals surface area contributed by atoms with Gasteiger partial charge in [-0.3, -0.25) is 19.7 Å². The van der Waals surface area contributed by atoms with Crippen LogP contribution in [0.15, 0.2) is 42.5 Å². The van der Waals surface area contributed by atoms with E-state index in [9.17, 15) is 29.6 Å². The second-order valence-electron chi connectivity index (χ2n) is 4.72. The molecule has 2 aromatic carbocycles. The van der Waals surface area contributed by atoms with Crippen LogP contribution in [0.1, 0.15) is 31.1 Å². The van der Waals surface area contributed by atoms with Crippen molar-refractivity contribution in [3.63, 3.8) is 0 Å². The molecule has 0 saturated heterocycles. The van der Waals surface area contributed by atoms with Crippen molar-refractivity contribution in [1.29, 1.82) is 0 Å². The molecule has 3 rings (SSSR count). The Hall–Kier alpha value is -3.55. The number of aromatic carboxylic acids is 1. The number of carboxylic acids is 1. The Morgan fingerprint density at radius 3 is 2.39 bits per heavy atom. The molecule has 2 amide bonds. The molecule has 0 bridgehead atoms. The number of para-hydroxylation sites is 1. The molecule has 1 aliphatic heterocycles. The first-order valence-corrected chi connectivity index (χ1v) is 6.42. The minimum atomic E-state index is -1.31. The van der Waals surface area contributed by atoms with Gasteiger partial charge in [0.05, 0.1) is 21.7 Å². The number of carbonyl (C=O) groups is 3. The van der Waals surface area contributed by atoms with Gasteiger partial charge in [-0.05, 0) is 18.2 Å². The lowest BCUT2D eigenvalue weighted by Gasteiger charge is -2.15. The van der Waals surface area contributed by atoms with E-state index in [4.69, 9.17) is 0 Å². The van der Waals surface area contributed by atoms with Gasteiger partial charge in [-0.25, -0.2) is 9.69 Å². The average molecular weight is 312 g/mol. The Balaban J connectivity index is 2.21. The Labute approximate surface area is 128 Å². The van der Waals surface area contributed by atoms with Gasteiger partial charge in [0, 0.05) is 6.07 Å². The van der Waals surface area contributed by atoms with Crippen molar-refractivity contribution in [3.8, 4) is 0 Å². The number of carboxylic acid groups (broad SMARTS) is 1. The van der Waals surface area contributed by atoms with Crippen LogP contribution in [-0.4, -0.2) is 27.8 Å². The summed E-state index contributed by atoms with van der Waals surface area (Å²) < 4.78 is 0. The van der Waals surface area contributed by atoms with Crippen molar-refractivity contribution in [2.24, 2.45) is 0 Å². The SMILES string of the molecule is O=C(O)c1ccccc1N1C(=O)c2cccc([N+](=O)[O-])c2C1=O. The highest BCUT2D eigenvalue weighted by molar-refractivity contribution is 6.36. The van der Waals surface area contributed by atoms with Crippen LogP contribution in [0.4, 0.5) is 11.4 Å². The van der Waals surface area contributed by atoms with E-state index >= 15 is 0 Å². The molecule has 0 aliphatic carbocycles. The molecule has 23 heavy (non-hydrogen) atoms. The summed E-state index contributed by atoms with van der Waals surface area (Å²) in [6.45, 7) is 0. The predicted molar refractivity (Wildman–Crippen MR) is 77.6 cm³/mol. The number of benzene rings is 2. The van der Waals surface area contributed by atoms with E-state index in [0.29, 0.717) is 4.90 Å². The zero-order valence-electron chi connectivity index (χ0n) is 11.4. The maximum absolute atomic E-state index is 12.5. The van der Waals surface area contributed by atoms with Gasteiger partial charge in [-0.15, -0.1) is 0 Å². The number of nitro groups is 1. The normalized spacial score (nSPS) is 13.1. The van der Waals surface area contributed by atoms with Crippen molar-refractivity contribution in [1.82, 2.24) is 0 Å². The van der Waals surface area contributed by atoms with Crippen molar-refractivity contribution < 1.29 is 24.4 Å². The minimum Gasteiger partial charge on any atom is -0.478 e. The molecule has 0 aromatic heterocycles. The lowest BCUT2D eigenvalue weighted by molar-refractivity contribution is -0.385. The number of amides is 2. The quantitative estimate of drug-likeness (QED) is 0.526. The maximum atomic E-state index is 12.5. The number of rotatable bonds is 3. The summed E-state index contributed by atoms with van der Waals surface area (Å²) in [5.74, 6) is -3.01. The topological polar surface area (TPSA) is 118 Å². The molecule has 8 nitrogen and oxygen atoms in total. The molecule has 0 unspecified atom stereocenters. The highest BCUT2D eigenvalue weighted by Crippen LogP contribution is 2.35. The molecule has 0 radical (unpaired) electrons. The maximum Gasteiger partial charge on any atom is 0.337 e. The molecular weight excluding hydrogens is 304 g/mol. The van der Waals surface area contributed by atoms with E-state index < -0.39 is 28.4 Å². The third kappa shape index (κ3) is 2.04. The molecule has 0 atom stereocenters. The first-order chi connectivity index (χ1) is 10.9. The van der Waals surface area contributed by atoms with E-state index in [1.165, 1.54) is 36.4 Å². The Kier molecular flexibility index (Phi) is 3.14. The molecule has 2 aromatic rings. The van der Waals surface area contributed by atoms with Gasteiger partial charge in [0.2, 0.25) is 0 Å². The van der Waals surface area contributed by atoms with Crippen molar-refractivity contribution in [2.45, 2.75) is 0 Å². The fraction of sp³-hybridized carbons (Fsp3) is 0. The van der Waals surface area contributed by atoms with Crippen molar-refractivity contribution in [2.75, 3.05) is 4.90 Å². The Morgan fingerprint density at radius 2 is 1.74 bits per heavy atom. The van der Waals surface area contributed by atoms with Crippen LogP contribution in [0.25, 0.3) is 0 Å². The predicted octanol–water partition coefficient (Wildman–Crippen LogP) is 2.09. The zero-order valence-corrected chi connectivity index (χ0v) is 11.4. The molecule has 114 valence electrons. The first kappa shape index (κ1) is 14.4. The monoisotopic (exact) mass is 312 g/mol. The Bertz CT molecular complexity index is 889. The third-order valence-corrected chi connectivity index (χ3v) is 3.46. The van der Waals surface area contributed by atoms with Gasteiger partial charge in [-0.2, -0.15) is 0 Å². The number of imide groups is 1. The second-order valence-corrected chi connectivity index (χ2v) is 4.72. The number of hydrogen-bond acceptors (Lipinski definition) is 5. The van der Waals surface area contributed by atoms with Gasteiger partial charge in [0.25, 0.3) is 17.5 Å². The molecule has 0 fully saturated rings. The summed E-state index contributed by atoms with van der Waals surface area (Å²) in [7, 11) is 0. The molecule has 1 N–H and O–H groups in total. The second kappa shape index (κ2) is 5.02. The first-order valence-electron chi connectivity index (χ1n) is 6.42. The van der Waals surface area contributed by atoms with E-state index in [-0.39, 0.29) is 22.4 Å². The highest BCUT2D eigenvalue weighted by atomic mass is 16.6. The van der Waals surface area contributed by atoms with Gasteiger partial charge in [-0.1, -0.05) is 18.2 Å². The van der Waals surface area contributed by atoms with Crippen LogP contribution < -0.4 is 4.90 Å². The number of hydrogen-bond donors (Lipinski definition) is 1. The molecule has 1 heterocycles. The van der Waals surface area contributed by atoms with Crippen LogP contribution >= 0.6 is 0 Å². The van der Waals surface area contributed by atoms with Crippen molar-refractivity contribution in [3.05, 3.63) is 69.3 Å². The summed E-state index contributed by atoms with van der Waals surface area (Å²) in [6.07, 6.45) is 0. The van der Waals surface area contributed by atoms with Gasteiger partial charge < -0.3 is 5.11 Å². The molecule has 0 saturated carbocycles. The smallest absolute Gasteiger partial charge is 0.337 e. The molecule has 0 spiro atoms. The van der Waals surface area contributed by atoms with Crippen LogP contribution in [0.2, 0.25) is 0 Å². The van der Waals surface area contributed by atoms with E-state index in [1.807, 2.05) is 0 Å². The van der Waals surface area contributed by atoms with Gasteiger partial charge in [0.15, 0.2) is 0 Å². The molecular formula is C15H8N2O6. The standard InChI is InChI=1S/C15H8N2O6/c18-13-9-5-3-7-11(17(22)23)12(9)14(19)16(13)10-6-2-1-4-8(10)15(20)21/h1-7H,(H,20,21). The summed E-state index contributed by atoms with van der Waals surface area (Å²) in [6, 6.07) is 9.19. The van der Waals surface area contributed by atoms with E-state index in [0.717, 1.165) is 6.07 Å². The summed E-state index contributed by atoms with van der Waals surface area (Å²) in [5.41, 5.74) is -1.31. The average Bonchev–Trinajstić information content (AvgIpc) is 2.78. The van der Waals surface area contributed by atoms with Crippen LogP contribution in [0.5, 0.6) is 0 Å². The zero-order chi connectivity index (χ0) is 16.7. The van der Waals surface area contributed by atoms with Crippen LogP contribution in [-0.2, 0) is 0 Å². The van der Waals surface area contributed by atoms with Crippen molar-refractivity contribution >= 4 is 29.2 Å².